The molecule has 0 aliphatic rings. The predicted molar refractivity (Wildman–Crippen MR) is 93.8 cm³/mol. The second-order valence-corrected chi connectivity index (χ2v) is 5.99. The van der Waals surface area contributed by atoms with E-state index in [1.165, 1.54) is 48.8 Å². The average molecular weight is 357 g/mol. The lowest BCUT2D eigenvalue weighted by Crippen LogP contribution is -1.97. The summed E-state index contributed by atoms with van der Waals surface area (Å²) in [5.41, 5.74) is 1.63. The van der Waals surface area contributed by atoms with Crippen molar-refractivity contribution >= 4 is 23.2 Å². The van der Waals surface area contributed by atoms with Gasteiger partial charge in [0.2, 0.25) is 0 Å². The quantitative estimate of drug-likeness (QED) is 0.477. The number of hydrogen-bond donors (Lipinski definition) is 0. The Bertz CT molecular complexity index is 933. The van der Waals surface area contributed by atoms with E-state index in [4.69, 9.17) is 4.74 Å². The Morgan fingerprint density at radius 1 is 1.16 bits per heavy atom. The molecule has 2 aromatic carbocycles. The van der Waals surface area contributed by atoms with E-state index >= 15 is 0 Å². The summed E-state index contributed by atoms with van der Waals surface area (Å²) in [5.74, 6) is -1.14. The topological polar surface area (TPSA) is 39.2 Å². The lowest BCUT2D eigenvalue weighted by atomic mass is 10.1. The molecule has 3 aromatic rings. The summed E-state index contributed by atoms with van der Waals surface area (Å²) < 4.78 is 31.4. The normalized spacial score (nSPS) is 11.0. The van der Waals surface area contributed by atoms with Gasteiger partial charge in [-0.25, -0.2) is 13.8 Å². The molecule has 0 atom stereocenters. The van der Waals surface area contributed by atoms with Crippen LogP contribution < -0.4 is 4.74 Å². The number of allylic oxidation sites excluding steroid dienone is 1. The molecule has 0 fully saturated rings. The van der Waals surface area contributed by atoms with Crippen LogP contribution in [0, 0.1) is 11.6 Å². The third-order valence-corrected chi connectivity index (χ3v) is 4.36. The molecule has 0 bridgehead atoms. The van der Waals surface area contributed by atoms with Crippen LogP contribution in [0.4, 0.5) is 8.78 Å². The Hall–Kier alpha value is -2.86. The van der Waals surface area contributed by atoms with Crippen LogP contribution in [-0.4, -0.2) is 17.9 Å². The van der Waals surface area contributed by atoms with Gasteiger partial charge >= 0.3 is 0 Å². The van der Waals surface area contributed by atoms with Gasteiger partial charge in [0.25, 0.3) is 0 Å². The van der Waals surface area contributed by atoms with Crippen molar-refractivity contribution in [3.63, 3.8) is 0 Å². The number of aromatic nitrogens is 1. The van der Waals surface area contributed by atoms with E-state index in [1.807, 2.05) is 0 Å². The van der Waals surface area contributed by atoms with Gasteiger partial charge < -0.3 is 4.74 Å². The maximum atomic E-state index is 13.7. The van der Waals surface area contributed by atoms with Gasteiger partial charge in [-0.1, -0.05) is 0 Å². The third-order valence-electron chi connectivity index (χ3n) is 3.45. The zero-order valence-electron chi connectivity index (χ0n) is 13.2. The van der Waals surface area contributed by atoms with Gasteiger partial charge in [-0.15, -0.1) is 11.3 Å². The lowest BCUT2D eigenvalue weighted by molar-refractivity contribution is 0.104. The molecule has 0 amide bonds. The molecule has 3 rings (SSSR count). The number of hydrogen-bond acceptors (Lipinski definition) is 4. The monoisotopic (exact) mass is 357 g/mol. The van der Waals surface area contributed by atoms with E-state index in [0.29, 0.717) is 5.69 Å². The van der Waals surface area contributed by atoms with Crippen LogP contribution in [-0.2, 0) is 0 Å². The van der Waals surface area contributed by atoms with Crippen LogP contribution >= 0.6 is 11.3 Å². The number of ketones is 1. The molecule has 6 heteroatoms. The molecule has 0 spiro atoms. The van der Waals surface area contributed by atoms with E-state index in [2.05, 4.69) is 4.98 Å². The van der Waals surface area contributed by atoms with E-state index in [-0.39, 0.29) is 22.9 Å². The zero-order valence-corrected chi connectivity index (χ0v) is 14.0. The molecule has 25 heavy (non-hydrogen) atoms. The minimum Gasteiger partial charge on any atom is -0.494 e. The molecule has 0 saturated heterocycles. The number of thiazole rings is 1. The molecule has 0 N–H and O–H groups in total. The number of nitrogens with zero attached hydrogens (tertiary/aromatic N) is 1. The molecular weight excluding hydrogens is 344 g/mol. The van der Waals surface area contributed by atoms with E-state index < -0.39 is 5.82 Å². The van der Waals surface area contributed by atoms with Crippen LogP contribution in [0.2, 0.25) is 0 Å². The van der Waals surface area contributed by atoms with Gasteiger partial charge in [-0.3, -0.25) is 4.79 Å². The lowest BCUT2D eigenvalue weighted by Gasteiger charge is -2.02. The molecule has 1 heterocycles. The fraction of sp³-hybridized carbons (Fsp3) is 0.0526. The molecular formula is C19H13F2NO2S. The first-order valence-corrected chi connectivity index (χ1v) is 8.22. The first-order chi connectivity index (χ1) is 12.1. The van der Waals surface area contributed by atoms with Crippen LogP contribution in [0.1, 0.15) is 16.1 Å². The number of halogens is 2. The molecule has 3 nitrogen and oxygen atoms in total. The average Bonchev–Trinajstić information content (AvgIpc) is 3.09. The zero-order chi connectivity index (χ0) is 17.8. The minimum absolute atomic E-state index is 0.0870. The van der Waals surface area contributed by atoms with Crippen LogP contribution in [0.5, 0.6) is 5.75 Å². The highest BCUT2D eigenvalue weighted by Gasteiger charge is 2.08. The van der Waals surface area contributed by atoms with Gasteiger partial charge in [0, 0.05) is 16.5 Å². The number of methoxy groups -OCH3 is 1. The van der Waals surface area contributed by atoms with Crippen molar-refractivity contribution in [2.75, 3.05) is 7.11 Å². The van der Waals surface area contributed by atoms with Crippen LogP contribution in [0.25, 0.3) is 16.6 Å². The van der Waals surface area contributed by atoms with Crippen molar-refractivity contribution in [1.29, 1.82) is 0 Å². The first kappa shape index (κ1) is 17.0. The van der Waals surface area contributed by atoms with E-state index in [0.717, 1.165) is 16.6 Å². The van der Waals surface area contributed by atoms with Crippen LogP contribution in [0.3, 0.4) is 0 Å². The summed E-state index contributed by atoms with van der Waals surface area (Å²) in [6, 6.07) is 10.1. The molecule has 0 saturated carbocycles. The summed E-state index contributed by atoms with van der Waals surface area (Å²) in [6.45, 7) is 0. The van der Waals surface area contributed by atoms with Crippen LogP contribution in [0.15, 0.2) is 53.9 Å². The summed E-state index contributed by atoms with van der Waals surface area (Å²) >= 11 is 1.39. The predicted octanol–water partition coefficient (Wildman–Crippen LogP) is 4.99. The number of benzene rings is 2. The Labute approximate surface area is 147 Å². The Morgan fingerprint density at radius 3 is 2.60 bits per heavy atom. The minimum atomic E-state index is -0.589. The van der Waals surface area contributed by atoms with Gasteiger partial charge in [-0.05, 0) is 54.6 Å². The fourth-order valence-corrected chi connectivity index (χ4v) is 2.96. The van der Waals surface area contributed by atoms with Crippen molar-refractivity contribution in [2.24, 2.45) is 0 Å². The fourth-order valence-electron chi connectivity index (χ4n) is 2.16. The van der Waals surface area contributed by atoms with Crippen molar-refractivity contribution in [3.8, 4) is 16.3 Å². The summed E-state index contributed by atoms with van der Waals surface area (Å²) in [6.07, 6.45) is 2.90. The van der Waals surface area contributed by atoms with Gasteiger partial charge in [0.1, 0.15) is 10.8 Å². The molecule has 126 valence electrons. The number of carbonyl (C=O) groups is 1. The maximum Gasteiger partial charge on any atom is 0.186 e. The number of ether oxygens (including phenoxy) is 1. The largest absolute Gasteiger partial charge is 0.494 e. The maximum absolute atomic E-state index is 13.7. The van der Waals surface area contributed by atoms with Gasteiger partial charge in [0.15, 0.2) is 17.3 Å². The van der Waals surface area contributed by atoms with Crippen molar-refractivity contribution in [1.82, 2.24) is 4.98 Å². The van der Waals surface area contributed by atoms with Crippen molar-refractivity contribution < 1.29 is 18.3 Å². The summed E-state index contributed by atoms with van der Waals surface area (Å²) in [7, 11) is 1.36. The standard InChI is InChI=1S/C19H13F2NO2S/c1-24-18-9-4-13(10-16(18)21)17(23)8-7-15-11-25-19(22-15)12-2-5-14(20)6-3-12/h2-11H,1H3. The van der Waals surface area contributed by atoms with Gasteiger partial charge in [-0.2, -0.15) is 0 Å². The summed E-state index contributed by atoms with van der Waals surface area (Å²) in [5, 5.41) is 2.51. The van der Waals surface area contributed by atoms with Crippen molar-refractivity contribution in [3.05, 3.63) is 76.8 Å². The highest BCUT2D eigenvalue weighted by molar-refractivity contribution is 7.13. The SMILES string of the molecule is COc1ccc(C(=O)C=Cc2csc(-c3ccc(F)cc3)n2)cc1F. The van der Waals surface area contributed by atoms with Gasteiger partial charge in [0.05, 0.1) is 12.8 Å². The second kappa shape index (κ2) is 7.36. The molecule has 0 aliphatic heterocycles. The molecule has 1 aromatic heterocycles. The highest BCUT2D eigenvalue weighted by atomic mass is 32.1. The van der Waals surface area contributed by atoms with E-state index in [1.54, 1.807) is 23.6 Å². The highest BCUT2D eigenvalue weighted by Crippen LogP contribution is 2.24. The Balaban J connectivity index is 1.75. The Morgan fingerprint density at radius 2 is 1.92 bits per heavy atom. The van der Waals surface area contributed by atoms with Crippen molar-refractivity contribution in [2.45, 2.75) is 0 Å². The number of rotatable bonds is 5. The molecule has 0 unspecified atom stereocenters. The second-order valence-electron chi connectivity index (χ2n) is 5.13. The molecule has 0 aliphatic carbocycles. The molecule has 0 radical (unpaired) electrons. The van der Waals surface area contributed by atoms with E-state index in [9.17, 15) is 13.6 Å². The first-order valence-electron chi connectivity index (χ1n) is 7.34. The Kier molecular flexibility index (Phi) is 5.00. The third kappa shape index (κ3) is 3.97. The smallest absolute Gasteiger partial charge is 0.186 e. The number of carbonyl (C=O) groups excluding carboxylic acids is 1. The summed E-state index contributed by atoms with van der Waals surface area (Å²) in [4.78, 5) is 16.5.